The monoisotopic (exact) mass is 464 g/mol. The highest BCUT2D eigenvalue weighted by Gasteiger charge is 3.02. The minimum atomic E-state index is 0.422. The Morgan fingerprint density at radius 3 is 2.69 bits per heavy atom. The van der Waals surface area contributed by atoms with E-state index < -0.39 is 0 Å². The average molecular weight is 465 g/mol. The maximum Gasteiger partial charge on any atom is 0.119 e. The Morgan fingerprint density at radius 1 is 0.971 bits per heavy atom. The van der Waals surface area contributed by atoms with Crippen molar-refractivity contribution < 1.29 is 4.74 Å². The summed E-state index contributed by atoms with van der Waals surface area (Å²) in [5, 5.41) is 0. The summed E-state index contributed by atoms with van der Waals surface area (Å²) in [6.07, 6.45) is 8.73. The second kappa shape index (κ2) is 5.68. The van der Waals surface area contributed by atoms with E-state index in [0.29, 0.717) is 21.7 Å². The van der Waals surface area contributed by atoms with Crippen LogP contribution >= 0.6 is 0 Å². The first-order valence-corrected chi connectivity index (χ1v) is 14.4. The molecule has 2 heterocycles. The van der Waals surface area contributed by atoms with E-state index >= 15 is 0 Å². The van der Waals surface area contributed by atoms with Gasteiger partial charge in [0.1, 0.15) is 5.75 Å². The van der Waals surface area contributed by atoms with Gasteiger partial charge >= 0.3 is 0 Å². The van der Waals surface area contributed by atoms with Gasteiger partial charge in [-0.25, -0.2) is 0 Å². The van der Waals surface area contributed by atoms with Crippen LogP contribution in [-0.2, 0) is 18.4 Å². The molecule has 0 amide bonds. The summed E-state index contributed by atoms with van der Waals surface area (Å²) in [4.78, 5) is 5.97. The molecule has 2 aliphatic heterocycles. The summed E-state index contributed by atoms with van der Waals surface area (Å²) < 4.78 is 5.86. The third-order valence-electron chi connectivity index (χ3n) is 13.2. The molecule has 180 valence electrons. The van der Waals surface area contributed by atoms with E-state index in [1.54, 1.807) is 11.1 Å². The molecule has 3 heteroatoms. The quantitative estimate of drug-likeness (QED) is 0.627. The summed E-state index contributed by atoms with van der Waals surface area (Å²) >= 11 is 0. The molecule has 5 saturated carbocycles. The fourth-order valence-corrected chi connectivity index (χ4v) is 13.0. The molecule has 2 aromatic carbocycles. The molecule has 7 unspecified atom stereocenters. The second-order valence-corrected chi connectivity index (χ2v) is 14.0. The van der Waals surface area contributed by atoms with Crippen molar-refractivity contribution in [3.8, 4) is 5.75 Å². The zero-order valence-corrected chi connectivity index (χ0v) is 20.9. The van der Waals surface area contributed by atoms with Crippen LogP contribution in [0, 0.1) is 34.0 Å². The standard InChI is InChI=1S/C32H36N2O/c1-35-23-10-9-22-14-30-19-34(16-21-7-8-21)28(30)31-17-29-18-33(15-20-5-3-2-4-6-20)25(11-12-26(29)31)27(29)32(30,31)24(22)13-23/h2-6,9-10,13,21,25-28H,7-8,11-12,14-19H2,1H3/t25?,26?,27?,28?,29-,30?,31?,32?/m0/s1. The Labute approximate surface area is 208 Å². The second-order valence-electron chi connectivity index (χ2n) is 14.0. The molecule has 0 N–H and O–H groups in total. The molecule has 0 aromatic heterocycles. The number of fused-ring (bicyclic) bond motifs is 1. The van der Waals surface area contributed by atoms with Crippen molar-refractivity contribution in [2.45, 2.75) is 62.6 Å². The number of hydrogen-bond donors (Lipinski definition) is 0. The number of benzene rings is 2. The smallest absolute Gasteiger partial charge is 0.119 e. The van der Waals surface area contributed by atoms with Crippen LogP contribution < -0.4 is 4.74 Å². The van der Waals surface area contributed by atoms with Gasteiger partial charge in [0.15, 0.2) is 0 Å². The Bertz CT molecular complexity index is 1290. The molecular formula is C32H36N2O. The molecule has 4 spiro atoms. The van der Waals surface area contributed by atoms with Crippen LogP contribution in [0.15, 0.2) is 48.5 Å². The third-order valence-corrected chi connectivity index (χ3v) is 13.2. The number of ether oxygens (including phenoxy) is 1. The average Bonchev–Trinajstić information content (AvgIpc) is 3.50. The molecule has 7 fully saturated rings. The van der Waals surface area contributed by atoms with E-state index in [2.05, 4.69) is 58.3 Å². The lowest BCUT2D eigenvalue weighted by Crippen LogP contribution is -2.91. The lowest BCUT2D eigenvalue weighted by atomic mass is 9.26. The van der Waals surface area contributed by atoms with Gasteiger partial charge in [0, 0.05) is 54.5 Å². The molecule has 35 heavy (non-hydrogen) atoms. The van der Waals surface area contributed by atoms with E-state index in [9.17, 15) is 0 Å². The SMILES string of the molecule is COc1ccc2c(c1)C13C4C5CCC6C1(C[C@]64CN5Cc1ccccc1)C1N(CC4CC4)CC13C2. The van der Waals surface area contributed by atoms with Crippen LogP contribution in [0.5, 0.6) is 5.75 Å². The molecule has 2 aromatic rings. The molecular weight excluding hydrogens is 428 g/mol. The highest BCUT2D eigenvalue weighted by atomic mass is 16.5. The van der Waals surface area contributed by atoms with Gasteiger partial charge in [-0.05, 0) is 90.5 Å². The highest BCUT2D eigenvalue weighted by Crippen LogP contribution is 3.00. The van der Waals surface area contributed by atoms with E-state index in [4.69, 9.17) is 4.74 Å². The minimum Gasteiger partial charge on any atom is -0.497 e. The van der Waals surface area contributed by atoms with Gasteiger partial charge < -0.3 is 4.74 Å². The predicted octanol–water partition coefficient (Wildman–Crippen LogP) is 4.88. The summed E-state index contributed by atoms with van der Waals surface area (Å²) in [5.41, 5.74) is 7.02. The zero-order valence-electron chi connectivity index (χ0n) is 20.9. The Hall–Kier alpha value is -1.84. The molecule has 8 aliphatic rings. The predicted molar refractivity (Wildman–Crippen MR) is 135 cm³/mol. The number of nitrogens with zero attached hydrogens (tertiary/aromatic N) is 2. The highest BCUT2D eigenvalue weighted by molar-refractivity contribution is 5.65. The van der Waals surface area contributed by atoms with Gasteiger partial charge in [-0.3, -0.25) is 9.80 Å². The van der Waals surface area contributed by atoms with Gasteiger partial charge in [0.05, 0.1) is 7.11 Å². The zero-order chi connectivity index (χ0) is 22.8. The van der Waals surface area contributed by atoms with Crippen molar-refractivity contribution >= 4 is 0 Å². The van der Waals surface area contributed by atoms with E-state index in [1.807, 2.05) is 7.11 Å². The number of methoxy groups -OCH3 is 1. The summed E-state index contributed by atoms with van der Waals surface area (Å²) in [6.45, 7) is 5.28. The van der Waals surface area contributed by atoms with Gasteiger partial charge in [0.2, 0.25) is 0 Å². The first-order valence-electron chi connectivity index (χ1n) is 14.4. The van der Waals surface area contributed by atoms with Crippen LogP contribution in [0.2, 0.25) is 0 Å². The Kier molecular flexibility index (Phi) is 3.13. The largest absolute Gasteiger partial charge is 0.497 e. The van der Waals surface area contributed by atoms with Crippen LogP contribution in [0.25, 0.3) is 0 Å². The topological polar surface area (TPSA) is 15.7 Å². The lowest BCUT2D eigenvalue weighted by molar-refractivity contribution is -0.336. The van der Waals surface area contributed by atoms with Crippen molar-refractivity contribution in [3.05, 3.63) is 65.2 Å². The first-order chi connectivity index (χ1) is 17.2. The van der Waals surface area contributed by atoms with Crippen molar-refractivity contribution in [3.63, 3.8) is 0 Å². The van der Waals surface area contributed by atoms with E-state index in [1.165, 1.54) is 63.7 Å². The van der Waals surface area contributed by atoms with Gasteiger partial charge in [0.25, 0.3) is 0 Å². The number of piperidine rings is 1. The normalized spacial score (nSPS) is 49.3. The fourth-order valence-electron chi connectivity index (χ4n) is 13.0. The number of likely N-dealkylation sites (tertiary alicyclic amines) is 2. The minimum absolute atomic E-state index is 0.422. The van der Waals surface area contributed by atoms with E-state index in [-0.39, 0.29) is 0 Å². The number of hydrogen-bond acceptors (Lipinski definition) is 3. The summed E-state index contributed by atoms with van der Waals surface area (Å²) in [5.74, 6) is 3.92. The number of rotatable bonds is 5. The molecule has 10 rings (SSSR count). The summed E-state index contributed by atoms with van der Waals surface area (Å²) in [7, 11) is 1.86. The van der Waals surface area contributed by atoms with Crippen molar-refractivity contribution in [1.82, 2.24) is 9.80 Å². The van der Waals surface area contributed by atoms with E-state index in [0.717, 1.165) is 42.1 Å². The van der Waals surface area contributed by atoms with Gasteiger partial charge in [-0.2, -0.15) is 0 Å². The Morgan fingerprint density at radius 2 is 1.86 bits per heavy atom. The van der Waals surface area contributed by atoms with Crippen molar-refractivity contribution in [1.29, 1.82) is 0 Å². The molecule has 0 radical (unpaired) electrons. The maximum absolute atomic E-state index is 5.86. The Balaban J connectivity index is 1.14. The van der Waals surface area contributed by atoms with Gasteiger partial charge in [-0.15, -0.1) is 0 Å². The molecule has 8 atom stereocenters. The lowest BCUT2D eigenvalue weighted by Gasteiger charge is -2.84. The van der Waals surface area contributed by atoms with Crippen LogP contribution in [-0.4, -0.2) is 48.6 Å². The van der Waals surface area contributed by atoms with Crippen LogP contribution in [0.4, 0.5) is 0 Å². The third kappa shape index (κ3) is 1.73. The molecule has 2 saturated heterocycles. The van der Waals surface area contributed by atoms with Crippen molar-refractivity contribution in [2.75, 3.05) is 26.7 Å². The molecule has 5 bridgehead atoms. The van der Waals surface area contributed by atoms with Crippen LogP contribution in [0.3, 0.4) is 0 Å². The first kappa shape index (κ1) is 19.3. The summed E-state index contributed by atoms with van der Waals surface area (Å²) in [6, 6.07) is 20.2. The fraction of sp³-hybridized carbons (Fsp3) is 0.625. The van der Waals surface area contributed by atoms with Crippen LogP contribution in [0.1, 0.15) is 48.8 Å². The maximum atomic E-state index is 5.86. The molecule has 6 aliphatic carbocycles. The molecule has 3 nitrogen and oxygen atoms in total. The van der Waals surface area contributed by atoms with Crippen molar-refractivity contribution in [2.24, 2.45) is 34.0 Å². The van der Waals surface area contributed by atoms with Gasteiger partial charge in [-0.1, -0.05) is 36.4 Å².